The van der Waals surface area contributed by atoms with Gasteiger partial charge in [0.1, 0.15) is 5.78 Å². The van der Waals surface area contributed by atoms with Gasteiger partial charge in [0.2, 0.25) is 0 Å². The topological polar surface area (TPSA) is 43.1 Å². The Morgan fingerprint density at radius 2 is 1.56 bits per heavy atom. The Labute approximate surface area is 111 Å². The minimum atomic E-state index is -0.432. The zero-order valence-corrected chi connectivity index (χ0v) is 12.2. The lowest BCUT2D eigenvalue weighted by Crippen LogP contribution is -2.29. The molecule has 0 amide bonds. The molecule has 18 heavy (non-hydrogen) atoms. The molecule has 1 aromatic rings. The van der Waals surface area contributed by atoms with Gasteiger partial charge in [-0.25, -0.2) is 0 Å². The number of nitrogen functional groups attached to an aromatic ring is 1. The number of Topliss-reactive ketones (excluding diaryl/α,β-unsaturated/α-hetero) is 1. The highest BCUT2D eigenvalue weighted by molar-refractivity contribution is 5.89. The number of carbonyl (C=O) groups excluding carboxylic acids is 1. The van der Waals surface area contributed by atoms with Crippen molar-refractivity contribution >= 4 is 11.5 Å². The lowest BCUT2D eigenvalue weighted by Gasteiger charge is -2.26. The van der Waals surface area contributed by atoms with Crippen molar-refractivity contribution in [1.82, 2.24) is 0 Å². The number of hydrogen-bond donors (Lipinski definition) is 1. The molecule has 0 radical (unpaired) electrons. The summed E-state index contributed by atoms with van der Waals surface area (Å²) >= 11 is 0. The number of hydrogen-bond acceptors (Lipinski definition) is 2. The lowest BCUT2D eigenvalue weighted by atomic mass is 9.77. The number of rotatable bonds is 4. The smallest absolute Gasteiger partial charge is 0.142 e. The van der Waals surface area contributed by atoms with E-state index >= 15 is 0 Å². The molecule has 0 aliphatic heterocycles. The predicted octanol–water partition coefficient (Wildman–Crippen LogP) is 3.94. The van der Waals surface area contributed by atoms with Crippen molar-refractivity contribution in [2.24, 2.45) is 5.41 Å². The largest absolute Gasteiger partial charge is 0.399 e. The van der Waals surface area contributed by atoms with Gasteiger partial charge in [-0.2, -0.15) is 0 Å². The fourth-order valence-corrected chi connectivity index (χ4v) is 1.86. The zero-order valence-electron chi connectivity index (χ0n) is 12.2. The molecule has 2 N–H and O–H groups in total. The van der Waals surface area contributed by atoms with Gasteiger partial charge in [-0.15, -0.1) is 0 Å². The van der Waals surface area contributed by atoms with Crippen LogP contribution in [0.3, 0.4) is 0 Å². The van der Waals surface area contributed by atoms with Crippen LogP contribution in [0.25, 0.3) is 0 Å². The van der Waals surface area contributed by atoms with Crippen molar-refractivity contribution in [3.05, 3.63) is 29.8 Å². The Balaban J connectivity index is 2.79. The Bertz CT molecular complexity index is 410. The average molecular weight is 247 g/mol. The maximum Gasteiger partial charge on any atom is 0.142 e. The van der Waals surface area contributed by atoms with Crippen LogP contribution in [0.2, 0.25) is 0 Å². The second-order valence-corrected chi connectivity index (χ2v) is 6.73. The van der Waals surface area contributed by atoms with E-state index in [0.717, 1.165) is 17.7 Å². The molecule has 0 bridgehead atoms. The van der Waals surface area contributed by atoms with Gasteiger partial charge in [0.05, 0.1) is 0 Å². The Kier molecular flexibility index (Phi) is 4.20. The fraction of sp³-hybridized carbons (Fsp3) is 0.562. The number of benzene rings is 1. The first-order valence-electron chi connectivity index (χ1n) is 6.52. The monoisotopic (exact) mass is 247 g/mol. The van der Waals surface area contributed by atoms with Crippen LogP contribution in [-0.4, -0.2) is 5.78 Å². The standard InChI is InChI=1S/C16H25NO/c1-15(2,3)11-10-14(18)16(4,5)12-6-8-13(17)9-7-12/h6-9H,10-11,17H2,1-5H3. The molecule has 0 saturated heterocycles. The first kappa shape index (κ1) is 14.7. The minimum Gasteiger partial charge on any atom is -0.399 e. The quantitative estimate of drug-likeness (QED) is 0.819. The number of carbonyl (C=O) groups is 1. The summed E-state index contributed by atoms with van der Waals surface area (Å²) in [6.07, 6.45) is 1.55. The molecule has 0 aromatic heterocycles. The first-order chi connectivity index (χ1) is 8.13. The molecule has 100 valence electrons. The summed E-state index contributed by atoms with van der Waals surface area (Å²) < 4.78 is 0. The molecule has 0 saturated carbocycles. The van der Waals surface area contributed by atoms with E-state index in [-0.39, 0.29) is 5.41 Å². The fourth-order valence-electron chi connectivity index (χ4n) is 1.86. The molecule has 0 unspecified atom stereocenters. The van der Waals surface area contributed by atoms with Crippen LogP contribution in [0.4, 0.5) is 5.69 Å². The molecule has 1 aromatic carbocycles. The van der Waals surface area contributed by atoms with Gasteiger partial charge in [0.25, 0.3) is 0 Å². The molecule has 0 aliphatic carbocycles. The summed E-state index contributed by atoms with van der Waals surface area (Å²) in [5.74, 6) is 0.294. The normalized spacial score (nSPS) is 12.5. The van der Waals surface area contributed by atoms with Gasteiger partial charge in [-0.1, -0.05) is 32.9 Å². The summed E-state index contributed by atoms with van der Waals surface area (Å²) in [6.45, 7) is 10.5. The van der Waals surface area contributed by atoms with E-state index < -0.39 is 5.41 Å². The maximum atomic E-state index is 12.4. The van der Waals surface area contributed by atoms with Crippen molar-refractivity contribution in [1.29, 1.82) is 0 Å². The van der Waals surface area contributed by atoms with Crippen LogP contribution < -0.4 is 5.73 Å². The summed E-state index contributed by atoms with van der Waals surface area (Å²) in [6, 6.07) is 7.61. The van der Waals surface area contributed by atoms with E-state index in [9.17, 15) is 4.79 Å². The third-order valence-electron chi connectivity index (χ3n) is 3.43. The summed E-state index contributed by atoms with van der Waals surface area (Å²) in [4.78, 5) is 12.4. The predicted molar refractivity (Wildman–Crippen MR) is 77.6 cm³/mol. The summed E-state index contributed by atoms with van der Waals surface area (Å²) in [7, 11) is 0. The van der Waals surface area contributed by atoms with Gasteiger partial charge >= 0.3 is 0 Å². The van der Waals surface area contributed by atoms with Crippen molar-refractivity contribution in [3.8, 4) is 0 Å². The molecule has 2 heteroatoms. The average Bonchev–Trinajstić information content (AvgIpc) is 2.25. The Hall–Kier alpha value is -1.31. The number of nitrogens with two attached hydrogens (primary N) is 1. The van der Waals surface area contributed by atoms with E-state index in [0.29, 0.717) is 12.2 Å². The Morgan fingerprint density at radius 1 is 1.06 bits per heavy atom. The van der Waals surface area contributed by atoms with Crippen molar-refractivity contribution < 1.29 is 4.79 Å². The van der Waals surface area contributed by atoms with Crippen LogP contribution in [0, 0.1) is 5.41 Å². The molecule has 1 rings (SSSR count). The van der Waals surface area contributed by atoms with E-state index in [2.05, 4.69) is 20.8 Å². The molecular formula is C16H25NO. The van der Waals surface area contributed by atoms with Gasteiger partial charge < -0.3 is 5.73 Å². The second kappa shape index (κ2) is 5.13. The van der Waals surface area contributed by atoms with Crippen molar-refractivity contribution in [2.75, 3.05) is 5.73 Å². The van der Waals surface area contributed by atoms with Crippen LogP contribution in [0.5, 0.6) is 0 Å². The van der Waals surface area contributed by atoms with Crippen molar-refractivity contribution in [3.63, 3.8) is 0 Å². The highest BCUT2D eigenvalue weighted by Crippen LogP contribution is 2.29. The molecular weight excluding hydrogens is 222 g/mol. The highest BCUT2D eigenvalue weighted by Gasteiger charge is 2.29. The zero-order chi connectivity index (χ0) is 14.0. The van der Waals surface area contributed by atoms with Crippen LogP contribution in [-0.2, 0) is 10.2 Å². The SMILES string of the molecule is CC(C)(C)CCC(=O)C(C)(C)c1ccc(N)cc1. The van der Waals surface area contributed by atoms with Crippen molar-refractivity contribution in [2.45, 2.75) is 52.9 Å². The third-order valence-corrected chi connectivity index (χ3v) is 3.43. The van der Waals surface area contributed by atoms with Gasteiger partial charge in [-0.3, -0.25) is 4.79 Å². The van der Waals surface area contributed by atoms with E-state index in [1.165, 1.54) is 0 Å². The molecule has 0 spiro atoms. The van der Waals surface area contributed by atoms with Crippen LogP contribution >= 0.6 is 0 Å². The number of anilines is 1. The first-order valence-corrected chi connectivity index (χ1v) is 6.52. The van der Waals surface area contributed by atoms with E-state index in [4.69, 9.17) is 5.73 Å². The third kappa shape index (κ3) is 3.86. The lowest BCUT2D eigenvalue weighted by molar-refractivity contribution is -0.124. The molecule has 0 fully saturated rings. The Morgan fingerprint density at radius 3 is 2.00 bits per heavy atom. The highest BCUT2D eigenvalue weighted by atomic mass is 16.1. The van der Waals surface area contributed by atoms with E-state index in [1.807, 2.05) is 38.1 Å². The van der Waals surface area contributed by atoms with Gasteiger partial charge in [0, 0.05) is 17.5 Å². The minimum absolute atomic E-state index is 0.201. The summed E-state index contributed by atoms with van der Waals surface area (Å²) in [5.41, 5.74) is 7.22. The second-order valence-electron chi connectivity index (χ2n) is 6.73. The van der Waals surface area contributed by atoms with E-state index in [1.54, 1.807) is 0 Å². The van der Waals surface area contributed by atoms with Crippen LogP contribution in [0.1, 0.15) is 53.0 Å². The number of ketones is 1. The summed E-state index contributed by atoms with van der Waals surface area (Å²) in [5, 5.41) is 0. The van der Waals surface area contributed by atoms with Crippen LogP contribution in [0.15, 0.2) is 24.3 Å². The maximum absolute atomic E-state index is 12.4. The molecule has 0 aliphatic rings. The van der Waals surface area contributed by atoms with Gasteiger partial charge in [0.15, 0.2) is 0 Å². The molecule has 2 nitrogen and oxygen atoms in total. The molecule has 0 atom stereocenters. The van der Waals surface area contributed by atoms with Gasteiger partial charge in [-0.05, 0) is 43.4 Å². The molecule has 0 heterocycles.